The van der Waals surface area contributed by atoms with Crippen molar-refractivity contribution in [3.05, 3.63) is 35.6 Å². The molecule has 92 valence electrons. The number of aliphatic imine (C=N–C) groups is 1. The summed E-state index contributed by atoms with van der Waals surface area (Å²) in [5, 5.41) is 0. The molecule has 0 saturated heterocycles. The van der Waals surface area contributed by atoms with E-state index in [1.807, 2.05) is 0 Å². The normalized spacial score (nSPS) is 32.8. The van der Waals surface area contributed by atoms with E-state index in [1.54, 1.807) is 12.1 Å². The van der Waals surface area contributed by atoms with Crippen molar-refractivity contribution >= 4 is 6.02 Å². The van der Waals surface area contributed by atoms with Gasteiger partial charge < -0.3 is 10.5 Å². The Bertz CT molecular complexity index is 473. The zero-order valence-corrected chi connectivity index (χ0v) is 9.71. The fraction of sp³-hybridized carbons (Fsp3) is 0.417. The molecule has 3 nitrogen and oxygen atoms in total. The Morgan fingerprint density at radius 1 is 1.35 bits per heavy atom. The third-order valence-corrected chi connectivity index (χ3v) is 3.24. The molecule has 0 aromatic heterocycles. The first-order valence-electron chi connectivity index (χ1n) is 5.29. The van der Waals surface area contributed by atoms with Crippen LogP contribution in [0.2, 0.25) is 0 Å². The van der Waals surface area contributed by atoms with Crippen LogP contribution < -0.4 is 5.73 Å². The molecule has 0 saturated carbocycles. The molecule has 0 aliphatic carbocycles. The number of hydrogen-bond donors (Lipinski definition) is 1. The molecule has 1 aromatic carbocycles. The average Bonchev–Trinajstić information content (AvgIpc) is 2.25. The van der Waals surface area contributed by atoms with Crippen molar-refractivity contribution in [2.45, 2.75) is 25.1 Å². The maximum absolute atomic E-state index is 14.5. The van der Waals surface area contributed by atoms with Gasteiger partial charge in [0.2, 0.25) is 0 Å². The van der Waals surface area contributed by atoms with E-state index < -0.39 is 17.0 Å². The average molecular weight is 240 g/mol. The Morgan fingerprint density at radius 2 is 2.00 bits per heavy atom. The van der Waals surface area contributed by atoms with Gasteiger partial charge in [-0.3, -0.25) is 0 Å². The molecule has 0 amide bonds. The van der Waals surface area contributed by atoms with Crippen molar-refractivity contribution < 1.29 is 13.5 Å². The standard InChI is InChI=1S/C12H14F2N2O/c1-11(14)7-17-10(15)16-12(11,2)8-5-3-4-6-9(8)13/h3-6H,7H2,1-2H3,(H2,15,16). The molecule has 1 aliphatic heterocycles. The number of nitrogens with two attached hydrogens (primary N) is 1. The summed E-state index contributed by atoms with van der Waals surface area (Å²) in [6.45, 7) is 2.60. The SMILES string of the molecule is CC1(F)COC(N)=NC1(C)c1ccccc1F. The second-order valence-electron chi connectivity index (χ2n) is 4.49. The number of halogens is 2. The summed E-state index contributed by atoms with van der Waals surface area (Å²) >= 11 is 0. The van der Waals surface area contributed by atoms with Gasteiger partial charge in [-0.2, -0.15) is 0 Å². The molecule has 0 spiro atoms. The van der Waals surface area contributed by atoms with Gasteiger partial charge in [0.1, 0.15) is 18.0 Å². The summed E-state index contributed by atoms with van der Waals surface area (Å²) in [6.07, 6.45) is 0. The van der Waals surface area contributed by atoms with Gasteiger partial charge in [0.15, 0.2) is 5.67 Å². The van der Waals surface area contributed by atoms with E-state index in [-0.39, 0.29) is 18.2 Å². The van der Waals surface area contributed by atoms with Gasteiger partial charge >= 0.3 is 0 Å². The van der Waals surface area contributed by atoms with Crippen molar-refractivity contribution in [1.82, 2.24) is 0 Å². The monoisotopic (exact) mass is 240 g/mol. The van der Waals surface area contributed by atoms with Crippen molar-refractivity contribution in [2.24, 2.45) is 10.7 Å². The van der Waals surface area contributed by atoms with Crippen LogP contribution >= 0.6 is 0 Å². The maximum Gasteiger partial charge on any atom is 0.283 e. The Labute approximate surface area is 98.3 Å². The van der Waals surface area contributed by atoms with Crippen molar-refractivity contribution in [3.63, 3.8) is 0 Å². The molecule has 2 unspecified atom stereocenters. The van der Waals surface area contributed by atoms with Crippen LogP contribution in [-0.2, 0) is 10.3 Å². The first-order valence-corrected chi connectivity index (χ1v) is 5.29. The molecule has 1 aliphatic rings. The van der Waals surface area contributed by atoms with Crippen LogP contribution in [0.3, 0.4) is 0 Å². The number of rotatable bonds is 1. The maximum atomic E-state index is 14.5. The van der Waals surface area contributed by atoms with E-state index in [1.165, 1.54) is 26.0 Å². The molecular formula is C12H14F2N2O. The van der Waals surface area contributed by atoms with Crippen LogP contribution in [0.1, 0.15) is 19.4 Å². The molecule has 1 heterocycles. The fourth-order valence-corrected chi connectivity index (χ4v) is 1.92. The first-order chi connectivity index (χ1) is 7.87. The lowest BCUT2D eigenvalue weighted by molar-refractivity contribution is 0.00401. The molecule has 2 rings (SSSR count). The largest absolute Gasteiger partial charge is 0.462 e. The van der Waals surface area contributed by atoms with E-state index in [0.717, 1.165) is 0 Å². The third kappa shape index (κ3) is 1.75. The summed E-state index contributed by atoms with van der Waals surface area (Å²) in [5.74, 6) is -0.502. The van der Waals surface area contributed by atoms with Crippen LogP contribution in [0.25, 0.3) is 0 Å². The smallest absolute Gasteiger partial charge is 0.283 e. The molecule has 0 radical (unpaired) electrons. The van der Waals surface area contributed by atoms with Crippen LogP contribution in [0.4, 0.5) is 8.78 Å². The first kappa shape index (κ1) is 11.8. The van der Waals surface area contributed by atoms with E-state index in [4.69, 9.17) is 10.5 Å². The highest BCUT2D eigenvalue weighted by atomic mass is 19.1. The zero-order chi connectivity index (χ0) is 12.7. The predicted molar refractivity (Wildman–Crippen MR) is 60.8 cm³/mol. The topological polar surface area (TPSA) is 47.6 Å². The van der Waals surface area contributed by atoms with Crippen molar-refractivity contribution in [1.29, 1.82) is 0 Å². The highest BCUT2D eigenvalue weighted by Gasteiger charge is 2.51. The molecule has 17 heavy (non-hydrogen) atoms. The number of alkyl halides is 1. The molecule has 1 aromatic rings. The van der Waals surface area contributed by atoms with Crippen LogP contribution in [0.15, 0.2) is 29.3 Å². The predicted octanol–water partition coefficient (Wildman–Crippen LogP) is 2.11. The van der Waals surface area contributed by atoms with Crippen molar-refractivity contribution in [3.8, 4) is 0 Å². The van der Waals surface area contributed by atoms with Crippen LogP contribution in [0, 0.1) is 5.82 Å². The van der Waals surface area contributed by atoms with Gasteiger partial charge in [-0.25, -0.2) is 13.8 Å². The minimum atomic E-state index is -1.82. The Balaban J connectivity index is 2.61. The van der Waals surface area contributed by atoms with Crippen LogP contribution in [0.5, 0.6) is 0 Å². The quantitative estimate of drug-likeness (QED) is 0.817. The fourth-order valence-electron chi connectivity index (χ4n) is 1.92. The zero-order valence-electron chi connectivity index (χ0n) is 9.71. The molecular weight excluding hydrogens is 226 g/mol. The molecule has 0 fully saturated rings. The Kier molecular flexibility index (Phi) is 2.56. The number of benzene rings is 1. The van der Waals surface area contributed by atoms with E-state index in [2.05, 4.69) is 4.99 Å². The van der Waals surface area contributed by atoms with Gasteiger partial charge in [-0.15, -0.1) is 0 Å². The molecule has 5 heteroatoms. The lowest BCUT2D eigenvalue weighted by atomic mass is 9.78. The Morgan fingerprint density at radius 3 is 2.65 bits per heavy atom. The number of ether oxygens (including phenoxy) is 1. The third-order valence-electron chi connectivity index (χ3n) is 3.24. The van der Waals surface area contributed by atoms with Gasteiger partial charge in [-0.05, 0) is 19.9 Å². The Hall–Kier alpha value is -1.65. The minimum Gasteiger partial charge on any atom is -0.462 e. The van der Waals surface area contributed by atoms with E-state index >= 15 is 0 Å². The van der Waals surface area contributed by atoms with Crippen molar-refractivity contribution in [2.75, 3.05) is 6.61 Å². The van der Waals surface area contributed by atoms with Gasteiger partial charge in [-0.1, -0.05) is 18.2 Å². The summed E-state index contributed by atoms with van der Waals surface area (Å²) in [6, 6.07) is 5.85. The molecule has 2 N–H and O–H groups in total. The lowest BCUT2D eigenvalue weighted by Crippen LogP contribution is -2.52. The lowest BCUT2D eigenvalue weighted by Gasteiger charge is -2.40. The van der Waals surface area contributed by atoms with E-state index in [9.17, 15) is 8.78 Å². The summed E-state index contributed by atoms with van der Waals surface area (Å²) in [7, 11) is 0. The summed E-state index contributed by atoms with van der Waals surface area (Å²) in [4.78, 5) is 3.96. The van der Waals surface area contributed by atoms with Gasteiger partial charge in [0.25, 0.3) is 6.02 Å². The number of nitrogens with zero attached hydrogens (tertiary/aromatic N) is 1. The second-order valence-corrected chi connectivity index (χ2v) is 4.49. The van der Waals surface area contributed by atoms with Gasteiger partial charge in [0.05, 0.1) is 0 Å². The number of hydrogen-bond acceptors (Lipinski definition) is 3. The minimum absolute atomic E-state index is 0.120. The highest BCUT2D eigenvalue weighted by molar-refractivity contribution is 5.73. The number of amidine groups is 1. The van der Waals surface area contributed by atoms with E-state index in [0.29, 0.717) is 0 Å². The second kappa shape index (κ2) is 3.68. The van der Waals surface area contributed by atoms with Gasteiger partial charge in [0, 0.05) is 5.56 Å². The molecule has 2 atom stereocenters. The summed E-state index contributed by atoms with van der Waals surface area (Å²) < 4.78 is 33.2. The van der Waals surface area contributed by atoms with Crippen LogP contribution in [-0.4, -0.2) is 18.3 Å². The summed E-state index contributed by atoms with van der Waals surface area (Å²) in [5.41, 5.74) is 2.44. The molecule has 0 bridgehead atoms. The highest BCUT2D eigenvalue weighted by Crippen LogP contribution is 2.42.